The number of nitrogens with one attached hydrogen (secondary N) is 1. The third-order valence-corrected chi connectivity index (χ3v) is 5.33. The average Bonchev–Trinajstić information content (AvgIpc) is 3.20. The Bertz CT molecular complexity index is 681. The molecule has 0 aromatic carbocycles. The molecule has 0 saturated carbocycles. The zero-order valence-corrected chi connectivity index (χ0v) is 14.7. The fraction of sp³-hybridized carbons (Fsp3) is 0.667. The molecule has 24 heavy (non-hydrogen) atoms. The van der Waals surface area contributed by atoms with Gasteiger partial charge in [-0.1, -0.05) is 13.8 Å². The van der Waals surface area contributed by atoms with Crippen LogP contribution in [0, 0.1) is 5.92 Å². The van der Waals surface area contributed by atoms with E-state index >= 15 is 0 Å². The normalized spacial score (nSPS) is 20.6. The molecule has 0 amide bonds. The van der Waals surface area contributed by atoms with E-state index in [1.165, 1.54) is 17.0 Å². The number of ether oxygens (including phenoxy) is 1. The molecule has 130 valence electrons. The summed E-state index contributed by atoms with van der Waals surface area (Å²) >= 11 is 0. The molecule has 1 N–H and O–H groups in total. The number of imidazole rings is 1. The van der Waals surface area contributed by atoms with E-state index in [0.29, 0.717) is 5.92 Å². The van der Waals surface area contributed by atoms with Gasteiger partial charge >= 0.3 is 0 Å². The third-order valence-electron chi connectivity index (χ3n) is 5.33. The van der Waals surface area contributed by atoms with Crippen molar-refractivity contribution in [3.05, 3.63) is 35.7 Å². The molecule has 2 aromatic rings. The summed E-state index contributed by atoms with van der Waals surface area (Å²) in [6.07, 6.45) is 8.97. The van der Waals surface area contributed by atoms with Crippen LogP contribution in [0.2, 0.25) is 0 Å². The van der Waals surface area contributed by atoms with Crippen molar-refractivity contribution in [3.63, 3.8) is 0 Å². The summed E-state index contributed by atoms with van der Waals surface area (Å²) in [6, 6.07) is 0. The number of aromatic amines is 1. The quantitative estimate of drug-likeness (QED) is 0.935. The minimum atomic E-state index is -0.140. The second kappa shape index (κ2) is 6.33. The van der Waals surface area contributed by atoms with E-state index < -0.39 is 0 Å². The number of hydrogen-bond acceptors (Lipinski definition) is 4. The molecule has 2 aliphatic rings. The summed E-state index contributed by atoms with van der Waals surface area (Å²) in [7, 11) is 0. The second-order valence-electron chi connectivity index (χ2n) is 7.57. The van der Waals surface area contributed by atoms with Gasteiger partial charge in [0, 0.05) is 32.4 Å². The molecule has 6 nitrogen and oxygen atoms in total. The van der Waals surface area contributed by atoms with Gasteiger partial charge in [0.2, 0.25) is 0 Å². The van der Waals surface area contributed by atoms with E-state index in [0.717, 1.165) is 52.0 Å². The van der Waals surface area contributed by atoms with Gasteiger partial charge in [0.25, 0.3) is 0 Å². The van der Waals surface area contributed by atoms with E-state index in [4.69, 9.17) is 4.74 Å². The molecule has 0 atom stereocenters. The molecule has 0 unspecified atom stereocenters. The molecular weight excluding hydrogens is 302 g/mol. The summed E-state index contributed by atoms with van der Waals surface area (Å²) in [4.78, 5) is 6.87. The van der Waals surface area contributed by atoms with Crippen molar-refractivity contribution in [1.29, 1.82) is 0 Å². The first-order valence-corrected chi connectivity index (χ1v) is 9.04. The molecule has 2 aromatic heterocycles. The minimum absolute atomic E-state index is 0.140. The van der Waals surface area contributed by atoms with Crippen molar-refractivity contribution >= 4 is 0 Å². The zero-order chi connectivity index (χ0) is 16.6. The first-order chi connectivity index (χ1) is 11.7. The Labute approximate surface area is 143 Å². The number of H-pyrrole nitrogens is 1. The Balaban J connectivity index is 1.42. The van der Waals surface area contributed by atoms with Crippen molar-refractivity contribution in [2.45, 2.75) is 51.8 Å². The molecule has 1 fully saturated rings. The maximum atomic E-state index is 6.24. The van der Waals surface area contributed by atoms with Gasteiger partial charge in [-0.2, -0.15) is 5.10 Å². The van der Waals surface area contributed by atoms with Crippen LogP contribution in [0.3, 0.4) is 0 Å². The fourth-order valence-corrected chi connectivity index (χ4v) is 4.06. The SMILES string of the molecule is CC(C)Cn1cncc1CN1CCC2(CC1)OCCc1cn[nH]c12. The van der Waals surface area contributed by atoms with Crippen LogP contribution in [0.1, 0.15) is 43.6 Å². The minimum Gasteiger partial charge on any atom is -0.368 e. The van der Waals surface area contributed by atoms with Crippen LogP contribution in [0.4, 0.5) is 0 Å². The number of nitrogens with zero attached hydrogens (tertiary/aromatic N) is 4. The molecular formula is C18H27N5O. The zero-order valence-electron chi connectivity index (χ0n) is 14.7. The van der Waals surface area contributed by atoms with Crippen LogP contribution in [-0.4, -0.2) is 44.3 Å². The monoisotopic (exact) mass is 329 g/mol. The highest BCUT2D eigenvalue weighted by Gasteiger charge is 2.42. The van der Waals surface area contributed by atoms with Crippen LogP contribution < -0.4 is 0 Å². The average molecular weight is 329 g/mol. The van der Waals surface area contributed by atoms with Crippen LogP contribution in [0.15, 0.2) is 18.7 Å². The van der Waals surface area contributed by atoms with Crippen molar-refractivity contribution in [2.24, 2.45) is 5.92 Å². The molecule has 6 heteroatoms. The number of fused-ring (bicyclic) bond motifs is 2. The van der Waals surface area contributed by atoms with Crippen molar-refractivity contribution in [2.75, 3.05) is 19.7 Å². The molecule has 1 saturated heterocycles. The van der Waals surface area contributed by atoms with Crippen molar-refractivity contribution < 1.29 is 4.74 Å². The summed E-state index contributed by atoms with van der Waals surface area (Å²) in [5.41, 5.74) is 3.73. The van der Waals surface area contributed by atoms with Crippen LogP contribution >= 0.6 is 0 Å². The lowest BCUT2D eigenvalue weighted by Crippen LogP contribution is -2.46. The number of piperidine rings is 1. The van der Waals surface area contributed by atoms with E-state index in [-0.39, 0.29) is 5.60 Å². The molecule has 0 aliphatic carbocycles. The molecule has 4 rings (SSSR count). The smallest absolute Gasteiger partial charge is 0.112 e. The Morgan fingerprint density at radius 2 is 2.12 bits per heavy atom. The molecule has 2 aliphatic heterocycles. The number of rotatable bonds is 4. The Morgan fingerprint density at radius 1 is 1.29 bits per heavy atom. The van der Waals surface area contributed by atoms with Gasteiger partial charge in [-0.05, 0) is 30.7 Å². The lowest BCUT2D eigenvalue weighted by molar-refractivity contribution is -0.102. The van der Waals surface area contributed by atoms with Crippen molar-refractivity contribution in [3.8, 4) is 0 Å². The highest BCUT2D eigenvalue weighted by Crippen LogP contribution is 2.40. The summed E-state index contributed by atoms with van der Waals surface area (Å²) in [5, 5.41) is 7.44. The summed E-state index contributed by atoms with van der Waals surface area (Å²) in [6.45, 7) is 9.41. The Morgan fingerprint density at radius 3 is 2.92 bits per heavy atom. The lowest BCUT2D eigenvalue weighted by atomic mass is 9.84. The maximum absolute atomic E-state index is 6.24. The van der Waals surface area contributed by atoms with Gasteiger partial charge in [-0.25, -0.2) is 4.98 Å². The van der Waals surface area contributed by atoms with Gasteiger partial charge in [0.05, 0.1) is 30.5 Å². The van der Waals surface area contributed by atoms with E-state index in [1.807, 2.05) is 18.7 Å². The topological polar surface area (TPSA) is 59.0 Å². The maximum Gasteiger partial charge on any atom is 0.112 e. The van der Waals surface area contributed by atoms with E-state index in [2.05, 4.69) is 38.5 Å². The standard InChI is InChI=1S/C18H27N5O/c1-14(2)11-23-13-19-10-16(23)12-22-6-4-18(5-7-22)17-15(3-8-24-18)9-20-21-17/h9-10,13-14H,3-8,11-12H2,1-2H3,(H,20,21). The van der Waals surface area contributed by atoms with Gasteiger partial charge in [-0.3, -0.25) is 10.00 Å². The van der Waals surface area contributed by atoms with Gasteiger partial charge in [-0.15, -0.1) is 0 Å². The van der Waals surface area contributed by atoms with Gasteiger partial charge in [0.15, 0.2) is 0 Å². The third kappa shape index (κ3) is 2.89. The highest BCUT2D eigenvalue weighted by atomic mass is 16.5. The lowest BCUT2D eigenvalue weighted by Gasteiger charge is -2.43. The first-order valence-electron chi connectivity index (χ1n) is 9.04. The molecule has 1 spiro atoms. The van der Waals surface area contributed by atoms with Crippen LogP contribution in [0.25, 0.3) is 0 Å². The Hall–Kier alpha value is -1.66. The van der Waals surface area contributed by atoms with E-state index in [1.54, 1.807) is 0 Å². The number of aromatic nitrogens is 4. The van der Waals surface area contributed by atoms with Gasteiger partial charge < -0.3 is 9.30 Å². The second-order valence-corrected chi connectivity index (χ2v) is 7.57. The highest BCUT2D eigenvalue weighted by molar-refractivity contribution is 5.26. The molecule has 0 bridgehead atoms. The largest absolute Gasteiger partial charge is 0.368 e. The number of likely N-dealkylation sites (tertiary alicyclic amines) is 1. The van der Waals surface area contributed by atoms with Crippen LogP contribution in [0.5, 0.6) is 0 Å². The van der Waals surface area contributed by atoms with Crippen LogP contribution in [-0.2, 0) is 29.8 Å². The number of hydrogen-bond donors (Lipinski definition) is 1. The first kappa shape index (κ1) is 15.8. The predicted octanol–water partition coefficient (Wildman–Crippen LogP) is 2.33. The molecule has 0 radical (unpaired) electrons. The van der Waals surface area contributed by atoms with Gasteiger partial charge in [0.1, 0.15) is 5.60 Å². The fourth-order valence-electron chi connectivity index (χ4n) is 4.06. The van der Waals surface area contributed by atoms with Crippen molar-refractivity contribution in [1.82, 2.24) is 24.6 Å². The predicted molar refractivity (Wildman–Crippen MR) is 91.5 cm³/mol. The summed E-state index contributed by atoms with van der Waals surface area (Å²) in [5.74, 6) is 0.636. The Kier molecular flexibility index (Phi) is 4.18. The molecule has 4 heterocycles. The summed E-state index contributed by atoms with van der Waals surface area (Å²) < 4.78 is 8.53. The van der Waals surface area contributed by atoms with E-state index in [9.17, 15) is 0 Å².